The van der Waals surface area contributed by atoms with E-state index < -0.39 is 0 Å². The van der Waals surface area contributed by atoms with Gasteiger partial charge in [0.15, 0.2) is 5.16 Å². The summed E-state index contributed by atoms with van der Waals surface area (Å²) in [6, 6.07) is 18.1. The molecule has 0 atom stereocenters. The van der Waals surface area contributed by atoms with Gasteiger partial charge in [0.05, 0.1) is 5.75 Å². The summed E-state index contributed by atoms with van der Waals surface area (Å²) in [5.41, 5.74) is 8.07. The van der Waals surface area contributed by atoms with E-state index in [1.807, 2.05) is 54.6 Å². The van der Waals surface area contributed by atoms with Crippen molar-refractivity contribution < 1.29 is 9.59 Å². The molecule has 0 bridgehead atoms. The summed E-state index contributed by atoms with van der Waals surface area (Å²) in [5.74, 6) is 0.524. The van der Waals surface area contributed by atoms with Crippen LogP contribution < -0.4 is 11.1 Å². The maximum Gasteiger partial charge on any atom is 0.234 e. The lowest BCUT2D eigenvalue weighted by Crippen LogP contribution is -2.16. The topological polar surface area (TPSA) is 103 Å². The number of aryl methyl sites for hydroxylation is 1. The predicted octanol–water partition coefficient (Wildman–Crippen LogP) is 3.43. The number of hydrogen-bond donors (Lipinski definition) is 2. The number of para-hydroxylation sites is 1. The molecular formula is C22H23N5O2S. The molecule has 0 radical (unpaired) electrons. The summed E-state index contributed by atoms with van der Waals surface area (Å²) in [4.78, 5) is 23.7. The number of thioether (sulfide) groups is 1. The molecule has 0 spiro atoms. The van der Waals surface area contributed by atoms with Gasteiger partial charge >= 0.3 is 0 Å². The van der Waals surface area contributed by atoms with Crippen LogP contribution in [-0.4, -0.2) is 32.3 Å². The highest BCUT2D eigenvalue weighted by Crippen LogP contribution is 2.39. The van der Waals surface area contributed by atoms with Gasteiger partial charge in [-0.25, -0.2) is 0 Å². The minimum atomic E-state index is -0.356. The summed E-state index contributed by atoms with van der Waals surface area (Å²) in [7, 11) is 0. The fourth-order valence-electron chi connectivity index (χ4n) is 3.29. The van der Waals surface area contributed by atoms with Crippen LogP contribution in [0, 0.1) is 0 Å². The van der Waals surface area contributed by atoms with Gasteiger partial charge in [0.25, 0.3) is 0 Å². The molecule has 3 aromatic rings. The first-order chi connectivity index (χ1) is 14.6. The van der Waals surface area contributed by atoms with Crippen LogP contribution in [0.1, 0.15) is 31.1 Å². The first-order valence-corrected chi connectivity index (χ1v) is 10.9. The lowest BCUT2D eigenvalue weighted by molar-refractivity contribution is -0.118. The zero-order valence-electron chi connectivity index (χ0n) is 16.5. The third kappa shape index (κ3) is 4.88. The van der Waals surface area contributed by atoms with Crippen LogP contribution in [0.15, 0.2) is 59.8 Å². The van der Waals surface area contributed by atoms with Crippen molar-refractivity contribution in [2.75, 3.05) is 11.1 Å². The van der Waals surface area contributed by atoms with Crippen molar-refractivity contribution in [2.45, 2.75) is 36.9 Å². The van der Waals surface area contributed by atoms with E-state index in [1.54, 1.807) is 0 Å². The molecule has 2 amide bonds. The maximum atomic E-state index is 12.6. The first kappa shape index (κ1) is 20.2. The number of hydrogen-bond acceptors (Lipinski definition) is 5. The second kappa shape index (κ2) is 9.13. The Labute approximate surface area is 179 Å². The zero-order valence-corrected chi connectivity index (χ0v) is 17.3. The Morgan fingerprint density at radius 2 is 1.80 bits per heavy atom. The Morgan fingerprint density at radius 1 is 1.07 bits per heavy atom. The van der Waals surface area contributed by atoms with E-state index in [1.165, 1.54) is 11.8 Å². The third-order valence-corrected chi connectivity index (χ3v) is 5.80. The molecule has 1 aliphatic rings. The number of anilines is 1. The van der Waals surface area contributed by atoms with E-state index >= 15 is 0 Å². The minimum absolute atomic E-state index is 0.104. The molecule has 30 heavy (non-hydrogen) atoms. The number of primary amides is 1. The van der Waals surface area contributed by atoms with Crippen LogP contribution in [0.4, 0.5) is 5.69 Å². The molecule has 1 heterocycles. The average molecular weight is 422 g/mol. The minimum Gasteiger partial charge on any atom is -0.370 e. The SMILES string of the molecule is NC(=O)CCc1nnc(SCC(=O)Nc2ccccc2-c2ccccc2)n1C1CC1. The summed E-state index contributed by atoms with van der Waals surface area (Å²) in [6.45, 7) is 0. The molecule has 4 rings (SSSR count). The van der Waals surface area contributed by atoms with Gasteiger partial charge < -0.3 is 15.6 Å². The molecule has 1 aliphatic carbocycles. The number of rotatable bonds is 9. The average Bonchev–Trinajstić information content (AvgIpc) is 3.51. The summed E-state index contributed by atoms with van der Waals surface area (Å²) >= 11 is 1.36. The van der Waals surface area contributed by atoms with Crippen LogP contribution in [0.2, 0.25) is 0 Å². The number of nitrogens with two attached hydrogens (primary N) is 1. The monoisotopic (exact) mass is 421 g/mol. The molecule has 1 fully saturated rings. The van der Waals surface area contributed by atoms with Gasteiger partial charge in [-0.15, -0.1) is 10.2 Å². The highest BCUT2D eigenvalue weighted by Gasteiger charge is 2.29. The zero-order chi connectivity index (χ0) is 20.9. The van der Waals surface area contributed by atoms with Crippen LogP contribution in [-0.2, 0) is 16.0 Å². The van der Waals surface area contributed by atoms with Crippen LogP contribution in [0.5, 0.6) is 0 Å². The molecule has 2 aromatic carbocycles. The van der Waals surface area contributed by atoms with Crippen LogP contribution in [0.3, 0.4) is 0 Å². The Morgan fingerprint density at radius 3 is 2.53 bits per heavy atom. The molecule has 1 aromatic heterocycles. The Hall–Kier alpha value is -3.13. The smallest absolute Gasteiger partial charge is 0.234 e. The maximum absolute atomic E-state index is 12.6. The molecule has 1 saturated carbocycles. The van der Waals surface area contributed by atoms with E-state index in [9.17, 15) is 9.59 Å². The second-order valence-corrected chi connectivity index (χ2v) is 8.16. The van der Waals surface area contributed by atoms with Crippen molar-refractivity contribution in [1.29, 1.82) is 0 Å². The number of aromatic nitrogens is 3. The highest BCUT2D eigenvalue weighted by atomic mass is 32.2. The van der Waals surface area contributed by atoms with Crippen LogP contribution >= 0.6 is 11.8 Å². The summed E-state index contributed by atoms with van der Waals surface area (Å²) in [6.07, 6.45) is 2.83. The van der Waals surface area contributed by atoms with Gasteiger partial charge in [0.1, 0.15) is 5.82 Å². The van der Waals surface area contributed by atoms with Gasteiger partial charge in [-0.05, 0) is 24.5 Å². The molecule has 0 saturated heterocycles. The Bertz CT molecular complexity index is 1050. The third-order valence-electron chi connectivity index (χ3n) is 4.86. The second-order valence-electron chi connectivity index (χ2n) is 7.21. The molecule has 7 nitrogen and oxygen atoms in total. The van der Waals surface area contributed by atoms with Gasteiger partial charge in [-0.3, -0.25) is 9.59 Å². The highest BCUT2D eigenvalue weighted by molar-refractivity contribution is 7.99. The predicted molar refractivity (Wildman–Crippen MR) is 117 cm³/mol. The summed E-state index contributed by atoms with van der Waals surface area (Å²) in [5, 5.41) is 12.2. The standard InChI is InChI=1S/C22H23N5O2S/c23-19(28)12-13-20-25-26-22(27(20)16-10-11-16)30-14-21(29)24-18-9-5-4-8-17(18)15-6-2-1-3-7-15/h1-9,16H,10-14H2,(H2,23,28)(H,24,29). The fraction of sp³-hybridized carbons (Fsp3) is 0.273. The van der Waals surface area contributed by atoms with E-state index in [4.69, 9.17) is 5.73 Å². The largest absolute Gasteiger partial charge is 0.370 e. The molecule has 3 N–H and O–H groups in total. The van der Waals surface area contributed by atoms with Gasteiger partial charge in [-0.1, -0.05) is 60.3 Å². The van der Waals surface area contributed by atoms with Gasteiger partial charge in [0, 0.05) is 30.1 Å². The molecule has 8 heteroatoms. The molecule has 0 unspecified atom stereocenters. The first-order valence-electron chi connectivity index (χ1n) is 9.91. The quantitative estimate of drug-likeness (QED) is 0.515. The van der Waals surface area contributed by atoms with E-state index in [2.05, 4.69) is 20.1 Å². The fourth-order valence-corrected chi connectivity index (χ4v) is 4.11. The number of nitrogens with zero attached hydrogens (tertiary/aromatic N) is 3. The van der Waals surface area contributed by atoms with Crippen molar-refractivity contribution in [3.05, 3.63) is 60.4 Å². The lowest BCUT2D eigenvalue weighted by Gasteiger charge is -2.12. The van der Waals surface area contributed by atoms with Crippen molar-refractivity contribution in [1.82, 2.24) is 14.8 Å². The summed E-state index contributed by atoms with van der Waals surface area (Å²) < 4.78 is 2.05. The number of benzene rings is 2. The van der Waals surface area contributed by atoms with E-state index in [0.717, 1.165) is 35.5 Å². The van der Waals surface area contributed by atoms with Gasteiger partial charge in [-0.2, -0.15) is 0 Å². The number of amides is 2. The van der Waals surface area contributed by atoms with Crippen LogP contribution in [0.25, 0.3) is 11.1 Å². The van der Waals surface area contributed by atoms with Crippen molar-refractivity contribution in [3.8, 4) is 11.1 Å². The van der Waals surface area contributed by atoms with E-state index in [-0.39, 0.29) is 24.0 Å². The van der Waals surface area contributed by atoms with Crippen molar-refractivity contribution in [3.63, 3.8) is 0 Å². The molecule has 154 valence electrons. The Kier molecular flexibility index (Phi) is 6.13. The van der Waals surface area contributed by atoms with Crippen molar-refractivity contribution in [2.24, 2.45) is 5.73 Å². The van der Waals surface area contributed by atoms with Gasteiger partial charge in [0.2, 0.25) is 11.8 Å². The lowest BCUT2D eigenvalue weighted by atomic mass is 10.0. The normalized spacial score (nSPS) is 13.2. The van der Waals surface area contributed by atoms with E-state index in [0.29, 0.717) is 17.6 Å². The van der Waals surface area contributed by atoms with Crippen molar-refractivity contribution >= 4 is 29.3 Å². The number of nitrogens with one attached hydrogen (secondary N) is 1. The molecular weight excluding hydrogens is 398 g/mol. The number of carbonyl (C=O) groups is 2. The Balaban J connectivity index is 1.42. The number of carbonyl (C=O) groups excluding carboxylic acids is 2. The molecule has 0 aliphatic heterocycles.